The van der Waals surface area contributed by atoms with Crippen molar-refractivity contribution in [3.8, 4) is 11.1 Å². The Kier molecular flexibility index (Phi) is 4.72. The van der Waals surface area contributed by atoms with Gasteiger partial charge in [-0.15, -0.1) is 0 Å². The maximum Gasteiger partial charge on any atom is 0.336 e. The van der Waals surface area contributed by atoms with Gasteiger partial charge in [0.15, 0.2) is 0 Å². The standard InChI is InChI=1S/C22H24N2O3/c1-15-20(22(25)26)13-19-12-18(17-6-4-3-5-7-17)14-24(19)21(15)16(2)23-8-10-27-11-9-23/h3-7,12-14,16H,8-11H2,1-2H3,(H,25,26). The molecule has 0 radical (unpaired) electrons. The number of hydrogen-bond acceptors (Lipinski definition) is 3. The number of aromatic nitrogens is 1. The second kappa shape index (κ2) is 7.18. The van der Waals surface area contributed by atoms with Gasteiger partial charge in [0.1, 0.15) is 0 Å². The molecule has 1 aliphatic heterocycles. The van der Waals surface area contributed by atoms with Crippen LogP contribution in [0.3, 0.4) is 0 Å². The van der Waals surface area contributed by atoms with Gasteiger partial charge in [-0.1, -0.05) is 30.3 Å². The number of nitrogens with zero attached hydrogens (tertiary/aromatic N) is 2. The van der Waals surface area contributed by atoms with Gasteiger partial charge in [-0.05, 0) is 37.1 Å². The normalized spacial score (nSPS) is 16.5. The quantitative estimate of drug-likeness (QED) is 0.760. The molecule has 1 fully saturated rings. The van der Waals surface area contributed by atoms with E-state index in [0.717, 1.165) is 41.0 Å². The minimum Gasteiger partial charge on any atom is -0.478 e. The Balaban J connectivity index is 1.90. The maximum absolute atomic E-state index is 11.9. The number of hydrogen-bond donors (Lipinski definition) is 1. The van der Waals surface area contributed by atoms with Crippen molar-refractivity contribution < 1.29 is 14.6 Å². The third-order valence-corrected chi connectivity index (χ3v) is 5.52. The summed E-state index contributed by atoms with van der Waals surface area (Å²) in [5, 5.41) is 9.72. The van der Waals surface area contributed by atoms with Crippen molar-refractivity contribution in [2.75, 3.05) is 26.3 Å². The highest BCUT2D eigenvalue weighted by molar-refractivity contribution is 5.91. The van der Waals surface area contributed by atoms with E-state index in [2.05, 4.69) is 40.6 Å². The monoisotopic (exact) mass is 364 g/mol. The number of pyridine rings is 1. The van der Waals surface area contributed by atoms with E-state index in [9.17, 15) is 9.90 Å². The minimum absolute atomic E-state index is 0.103. The van der Waals surface area contributed by atoms with Gasteiger partial charge in [-0.3, -0.25) is 4.90 Å². The molecule has 5 heteroatoms. The van der Waals surface area contributed by atoms with Crippen molar-refractivity contribution in [2.45, 2.75) is 19.9 Å². The topological polar surface area (TPSA) is 54.2 Å². The molecule has 0 spiro atoms. The molecule has 1 N–H and O–H groups in total. The summed E-state index contributed by atoms with van der Waals surface area (Å²) in [5.41, 5.74) is 5.36. The van der Waals surface area contributed by atoms with Crippen LogP contribution in [-0.4, -0.2) is 46.7 Å². The number of aromatic carboxylic acids is 1. The Morgan fingerprint density at radius 3 is 2.48 bits per heavy atom. The first kappa shape index (κ1) is 17.8. The highest BCUT2D eigenvalue weighted by Crippen LogP contribution is 2.31. The zero-order valence-electron chi connectivity index (χ0n) is 15.7. The lowest BCUT2D eigenvalue weighted by molar-refractivity contribution is 0.0187. The number of rotatable bonds is 4. The fourth-order valence-corrected chi connectivity index (χ4v) is 4.04. The molecule has 5 nitrogen and oxygen atoms in total. The predicted molar refractivity (Wildman–Crippen MR) is 105 cm³/mol. The molecule has 2 aromatic heterocycles. The van der Waals surface area contributed by atoms with Gasteiger partial charge < -0.3 is 14.2 Å². The predicted octanol–water partition coefficient (Wildman–Crippen LogP) is 4.01. The average molecular weight is 364 g/mol. The van der Waals surface area contributed by atoms with Crippen molar-refractivity contribution in [3.63, 3.8) is 0 Å². The van der Waals surface area contributed by atoms with Gasteiger partial charge >= 0.3 is 5.97 Å². The molecule has 1 atom stereocenters. The third kappa shape index (κ3) is 3.24. The van der Waals surface area contributed by atoms with Crippen molar-refractivity contribution in [3.05, 3.63) is 65.5 Å². The summed E-state index contributed by atoms with van der Waals surface area (Å²) < 4.78 is 7.64. The Labute approximate surface area is 158 Å². The SMILES string of the molecule is Cc1c(C(=O)O)cc2cc(-c3ccccc3)cn2c1C(C)N1CCOCC1. The van der Waals surface area contributed by atoms with Crippen LogP contribution in [0.15, 0.2) is 48.7 Å². The largest absolute Gasteiger partial charge is 0.478 e. The molecule has 0 bridgehead atoms. The molecular weight excluding hydrogens is 340 g/mol. The Morgan fingerprint density at radius 1 is 1.11 bits per heavy atom. The minimum atomic E-state index is -0.882. The van der Waals surface area contributed by atoms with E-state index in [0.29, 0.717) is 18.8 Å². The summed E-state index contributed by atoms with van der Waals surface area (Å²) >= 11 is 0. The summed E-state index contributed by atoms with van der Waals surface area (Å²) in [7, 11) is 0. The summed E-state index contributed by atoms with van der Waals surface area (Å²) in [6, 6.07) is 14.1. The molecule has 4 rings (SSSR count). The van der Waals surface area contributed by atoms with Gasteiger partial charge in [-0.2, -0.15) is 0 Å². The van der Waals surface area contributed by atoms with Gasteiger partial charge in [-0.25, -0.2) is 4.79 Å². The van der Waals surface area contributed by atoms with Gasteiger partial charge in [0.25, 0.3) is 0 Å². The van der Waals surface area contributed by atoms with Crippen molar-refractivity contribution in [2.24, 2.45) is 0 Å². The molecule has 0 amide bonds. The van der Waals surface area contributed by atoms with Crippen LogP contribution in [0.25, 0.3) is 16.6 Å². The van der Waals surface area contributed by atoms with E-state index in [1.807, 2.05) is 25.1 Å². The molecule has 3 heterocycles. The second-order valence-electron chi connectivity index (χ2n) is 7.09. The number of morpholine rings is 1. The van der Waals surface area contributed by atoms with Crippen molar-refractivity contribution >= 4 is 11.5 Å². The first-order valence-corrected chi connectivity index (χ1v) is 9.32. The highest BCUT2D eigenvalue weighted by Gasteiger charge is 2.25. The first-order valence-electron chi connectivity index (χ1n) is 9.32. The van der Waals surface area contributed by atoms with Gasteiger partial charge in [0.05, 0.1) is 18.8 Å². The Hall–Kier alpha value is -2.63. The molecule has 3 aromatic rings. The smallest absolute Gasteiger partial charge is 0.336 e. The van der Waals surface area contributed by atoms with E-state index in [1.165, 1.54) is 0 Å². The Bertz CT molecular complexity index is 972. The molecule has 1 aliphatic rings. The number of ether oxygens (including phenoxy) is 1. The number of carboxylic acid groups (broad SMARTS) is 1. The summed E-state index contributed by atoms with van der Waals surface area (Å²) in [6.07, 6.45) is 2.12. The van der Waals surface area contributed by atoms with E-state index >= 15 is 0 Å². The van der Waals surface area contributed by atoms with Crippen LogP contribution in [0.5, 0.6) is 0 Å². The van der Waals surface area contributed by atoms with E-state index in [-0.39, 0.29) is 6.04 Å². The third-order valence-electron chi connectivity index (χ3n) is 5.52. The zero-order valence-corrected chi connectivity index (χ0v) is 15.7. The van der Waals surface area contributed by atoms with Crippen LogP contribution in [0, 0.1) is 6.92 Å². The number of fused-ring (bicyclic) bond motifs is 1. The summed E-state index contributed by atoms with van der Waals surface area (Å²) in [5.74, 6) is -0.882. The Morgan fingerprint density at radius 2 is 1.81 bits per heavy atom. The highest BCUT2D eigenvalue weighted by atomic mass is 16.5. The number of carbonyl (C=O) groups is 1. The fourth-order valence-electron chi connectivity index (χ4n) is 4.04. The molecule has 0 aliphatic carbocycles. The lowest BCUT2D eigenvalue weighted by Gasteiger charge is -2.33. The number of carboxylic acids is 1. The zero-order chi connectivity index (χ0) is 19.0. The molecule has 0 saturated carbocycles. The molecule has 140 valence electrons. The van der Waals surface area contributed by atoms with Crippen molar-refractivity contribution in [1.29, 1.82) is 0 Å². The van der Waals surface area contributed by atoms with Crippen molar-refractivity contribution in [1.82, 2.24) is 9.30 Å². The van der Waals surface area contributed by atoms with Crippen LogP contribution in [0.4, 0.5) is 0 Å². The number of benzene rings is 1. The molecule has 1 aromatic carbocycles. The van der Waals surface area contributed by atoms with Gasteiger partial charge in [0.2, 0.25) is 0 Å². The lowest BCUT2D eigenvalue weighted by atomic mass is 10.0. The fraction of sp³-hybridized carbons (Fsp3) is 0.318. The van der Waals surface area contributed by atoms with E-state index in [1.54, 1.807) is 6.07 Å². The molecule has 1 unspecified atom stereocenters. The van der Waals surface area contributed by atoms with E-state index < -0.39 is 5.97 Å². The van der Waals surface area contributed by atoms with Crippen LogP contribution in [0.1, 0.15) is 34.6 Å². The van der Waals surface area contributed by atoms with Crippen LogP contribution in [0.2, 0.25) is 0 Å². The maximum atomic E-state index is 11.9. The second-order valence-corrected chi connectivity index (χ2v) is 7.09. The molecular formula is C22H24N2O3. The first-order chi connectivity index (χ1) is 13.1. The lowest BCUT2D eigenvalue weighted by Crippen LogP contribution is -2.39. The molecule has 1 saturated heterocycles. The van der Waals surface area contributed by atoms with Gasteiger partial charge in [0, 0.05) is 42.1 Å². The summed E-state index contributed by atoms with van der Waals surface area (Å²) in [6.45, 7) is 7.20. The van der Waals surface area contributed by atoms with E-state index in [4.69, 9.17) is 4.74 Å². The van der Waals surface area contributed by atoms with Crippen LogP contribution < -0.4 is 0 Å². The average Bonchev–Trinajstić information content (AvgIpc) is 3.12. The van der Waals surface area contributed by atoms with Crippen LogP contribution >= 0.6 is 0 Å². The van der Waals surface area contributed by atoms with Crippen LogP contribution in [-0.2, 0) is 4.74 Å². The summed E-state index contributed by atoms with van der Waals surface area (Å²) in [4.78, 5) is 14.2. The molecule has 27 heavy (non-hydrogen) atoms.